The second kappa shape index (κ2) is 21.1. The molecule has 0 radical (unpaired) electrons. The molecule has 8 rings (SSSR count). The number of hydrogen-bond acceptors (Lipinski definition) is 17. The molecule has 4 aromatic heterocycles. The predicted molar refractivity (Wildman–Crippen MR) is 259 cm³/mol. The zero-order valence-corrected chi connectivity index (χ0v) is 40.7. The molecule has 0 saturated carbocycles. The highest BCUT2D eigenvalue weighted by atomic mass is 32.3. The molecule has 0 bridgehead atoms. The number of aromatic amines is 4. The van der Waals surface area contributed by atoms with Gasteiger partial charge < -0.3 is 19.9 Å². The molecule has 4 aromatic carbocycles. The topological polar surface area (TPSA) is 278 Å². The van der Waals surface area contributed by atoms with Gasteiger partial charge in [0.1, 0.15) is 0 Å². The number of nitrogens with one attached hydrogen (secondary N) is 4. The van der Waals surface area contributed by atoms with E-state index in [0.717, 1.165) is 59.6 Å². The van der Waals surface area contributed by atoms with Crippen molar-refractivity contribution in [2.45, 2.75) is 42.2 Å². The number of fused-ring (bicyclic) bond motifs is 4. The van der Waals surface area contributed by atoms with E-state index in [9.17, 15) is 25.3 Å². The van der Waals surface area contributed by atoms with E-state index in [2.05, 4.69) is 58.9 Å². The minimum absolute atomic E-state index is 0.141. The number of imidazole rings is 4. The van der Waals surface area contributed by atoms with Gasteiger partial charge in [-0.05, 0) is 79.2 Å². The standard InChI is InChI=1S/C18H18N4O6S5.C18H18N4O3S5/c23-32(24,25)11-1-3-13-15(9-11)21-17(19-13)30-7-5-29-6-8-31-18-20-14-4-2-12(33(26,27)28)10-16(14)22-18;1-11-2-4-13-15(6-11)21-17(19-13)28-9-26-8-27-10-29-18-20-14-5-3-12(30(23,24)25)7-16(14)22-18/h1-4,9-10H,5-8H2,(H,19,21)(H,20,22)(H,23,24,25)(H,26,27,28);2-7H,8-10H2,1H3,(H,19,21)(H,20,22)(H,23,24,25). The van der Waals surface area contributed by atoms with E-state index < -0.39 is 30.4 Å². The summed E-state index contributed by atoms with van der Waals surface area (Å²) in [6, 6.07) is 19.0. The van der Waals surface area contributed by atoms with Crippen molar-refractivity contribution in [2.75, 3.05) is 38.3 Å². The van der Waals surface area contributed by atoms with Crippen molar-refractivity contribution in [1.29, 1.82) is 0 Å². The Labute approximate surface area is 391 Å². The molecule has 7 N–H and O–H groups in total. The van der Waals surface area contributed by atoms with Gasteiger partial charge in [-0.3, -0.25) is 13.7 Å². The van der Waals surface area contributed by atoms with E-state index in [1.165, 1.54) is 65.5 Å². The summed E-state index contributed by atoms with van der Waals surface area (Å²) in [4.78, 5) is 29.9. The maximum atomic E-state index is 11.2. The molecule has 0 saturated heterocycles. The van der Waals surface area contributed by atoms with Crippen LogP contribution in [0.1, 0.15) is 5.56 Å². The van der Waals surface area contributed by atoms with Crippen molar-refractivity contribution in [3.05, 3.63) is 78.4 Å². The summed E-state index contributed by atoms with van der Waals surface area (Å²) < 4.78 is 94.8. The van der Waals surface area contributed by atoms with Crippen molar-refractivity contribution >= 4 is 157 Å². The van der Waals surface area contributed by atoms with Gasteiger partial charge in [-0.1, -0.05) is 53.1 Å². The first-order valence-corrected chi connectivity index (χ1v) is 29.8. The second-order valence-corrected chi connectivity index (χ2v) is 25.7. The van der Waals surface area contributed by atoms with Gasteiger partial charge in [0.2, 0.25) is 0 Å². The third kappa shape index (κ3) is 13.5. The Kier molecular flexibility index (Phi) is 16.0. The van der Waals surface area contributed by atoms with Crippen molar-refractivity contribution in [1.82, 2.24) is 39.9 Å². The number of thioether (sulfide) groups is 7. The molecule has 17 nitrogen and oxygen atoms in total. The molecule has 334 valence electrons. The predicted octanol–water partition coefficient (Wildman–Crippen LogP) is 8.77. The van der Waals surface area contributed by atoms with Gasteiger partial charge in [0.25, 0.3) is 30.4 Å². The minimum Gasteiger partial charge on any atom is -0.333 e. The smallest absolute Gasteiger partial charge is 0.294 e. The third-order valence-corrected chi connectivity index (χ3v) is 18.8. The summed E-state index contributed by atoms with van der Waals surface area (Å²) in [5.41, 5.74) is 6.89. The molecular weight excluding hydrogens is 1010 g/mol. The minimum atomic E-state index is -4.25. The van der Waals surface area contributed by atoms with Crippen LogP contribution in [0.25, 0.3) is 44.1 Å². The van der Waals surface area contributed by atoms with Crippen LogP contribution in [0.5, 0.6) is 0 Å². The molecule has 0 amide bonds. The van der Waals surface area contributed by atoms with Crippen LogP contribution in [0.2, 0.25) is 0 Å². The molecule has 0 aliphatic heterocycles. The highest BCUT2D eigenvalue weighted by Crippen LogP contribution is 2.30. The lowest BCUT2D eigenvalue weighted by atomic mass is 10.2. The first-order valence-electron chi connectivity index (χ1n) is 18.1. The lowest BCUT2D eigenvalue weighted by molar-refractivity contribution is 0.481. The Balaban J connectivity index is 0.000000190. The van der Waals surface area contributed by atoms with Gasteiger partial charge in [0.05, 0.1) is 58.8 Å². The SMILES string of the molecule is Cc1ccc2nc(SCSCSCSc3nc4ccc(S(=O)(=O)O)cc4[nH]3)[nH]c2c1.O=S(=O)(O)c1ccc2nc(SCCSCCSc3nc4ccc(S(=O)(=O)O)cc4[nH]3)[nH]c2c1. The molecule has 0 fully saturated rings. The Bertz CT molecular complexity index is 3110. The summed E-state index contributed by atoms with van der Waals surface area (Å²) in [6.45, 7) is 2.07. The van der Waals surface area contributed by atoms with E-state index in [1.54, 1.807) is 65.2 Å². The molecule has 0 spiro atoms. The normalized spacial score (nSPS) is 12.4. The van der Waals surface area contributed by atoms with E-state index in [-0.39, 0.29) is 14.7 Å². The summed E-state index contributed by atoms with van der Waals surface area (Å²) in [5, 5.41) is 5.72. The average Bonchev–Trinajstić information content (AvgIpc) is 4.02. The molecular formula is C36H36N8O9S10. The van der Waals surface area contributed by atoms with Crippen LogP contribution >= 0.6 is 82.3 Å². The van der Waals surface area contributed by atoms with E-state index >= 15 is 0 Å². The Morgan fingerprint density at radius 2 is 0.762 bits per heavy atom. The first-order chi connectivity index (χ1) is 30.0. The lowest BCUT2D eigenvalue weighted by Crippen LogP contribution is -1.97. The van der Waals surface area contributed by atoms with Crippen molar-refractivity contribution in [3.63, 3.8) is 0 Å². The van der Waals surface area contributed by atoms with Crippen LogP contribution in [-0.2, 0) is 30.4 Å². The van der Waals surface area contributed by atoms with Crippen molar-refractivity contribution in [2.24, 2.45) is 0 Å². The highest BCUT2D eigenvalue weighted by molar-refractivity contribution is 8.26. The fourth-order valence-electron chi connectivity index (χ4n) is 5.57. The molecule has 4 heterocycles. The van der Waals surface area contributed by atoms with Crippen LogP contribution in [0.4, 0.5) is 0 Å². The fourth-order valence-corrected chi connectivity index (χ4v) is 14.5. The van der Waals surface area contributed by atoms with Crippen LogP contribution < -0.4 is 0 Å². The van der Waals surface area contributed by atoms with Crippen LogP contribution in [0, 0.1) is 6.92 Å². The number of rotatable bonds is 19. The zero-order chi connectivity index (χ0) is 44.8. The monoisotopic (exact) mass is 1040 g/mol. The van der Waals surface area contributed by atoms with Gasteiger partial charge in [-0.15, -0.1) is 23.5 Å². The zero-order valence-electron chi connectivity index (χ0n) is 32.5. The molecule has 0 aliphatic rings. The Morgan fingerprint density at radius 3 is 1.13 bits per heavy atom. The molecule has 0 atom stereocenters. The number of H-pyrrole nitrogens is 4. The molecule has 0 unspecified atom stereocenters. The van der Waals surface area contributed by atoms with Crippen molar-refractivity contribution < 1.29 is 38.9 Å². The van der Waals surface area contributed by atoms with E-state index in [1.807, 2.05) is 17.8 Å². The summed E-state index contributed by atoms with van der Waals surface area (Å²) in [5.74, 6) is 3.39. The van der Waals surface area contributed by atoms with E-state index in [0.29, 0.717) is 43.4 Å². The maximum Gasteiger partial charge on any atom is 0.294 e. The summed E-state index contributed by atoms with van der Waals surface area (Å²) in [7, 11) is -12.7. The summed E-state index contributed by atoms with van der Waals surface area (Å²) in [6.07, 6.45) is 0. The van der Waals surface area contributed by atoms with Gasteiger partial charge in [-0.25, -0.2) is 19.9 Å². The lowest BCUT2D eigenvalue weighted by Gasteiger charge is -2.00. The third-order valence-electron chi connectivity index (χ3n) is 8.46. The number of benzene rings is 4. The Hall–Kier alpha value is -3.06. The van der Waals surface area contributed by atoms with Gasteiger partial charge in [0.15, 0.2) is 20.6 Å². The number of aryl methyl sites for hydroxylation is 1. The Morgan fingerprint density at radius 1 is 0.429 bits per heavy atom. The van der Waals surface area contributed by atoms with Gasteiger partial charge >= 0.3 is 0 Å². The van der Waals surface area contributed by atoms with Gasteiger partial charge in [0, 0.05) is 38.3 Å². The largest absolute Gasteiger partial charge is 0.333 e. The number of nitrogens with zero attached hydrogens (tertiary/aromatic N) is 4. The number of hydrogen-bond donors (Lipinski definition) is 7. The average molecular weight is 1050 g/mol. The maximum absolute atomic E-state index is 11.2. The highest BCUT2D eigenvalue weighted by Gasteiger charge is 2.15. The molecule has 63 heavy (non-hydrogen) atoms. The van der Waals surface area contributed by atoms with Crippen LogP contribution in [0.15, 0.2) is 108 Å². The first kappa shape index (κ1) is 47.9. The van der Waals surface area contributed by atoms with E-state index in [4.69, 9.17) is 13.7 Å². The van der Waals surface area contributed by atoms with Crippen LogP contribution in [0.3, 0.4) is 0 Å². The number of aromatic nitrogens is 8. The summed E-state index contributed by atoms with van der Waals surface area (Å²) >= 11 is 11.7. The van der Waals surface area contributed by atoms with Crippen molar-refractivity contribution in [3.8, 4) is 0 Å². The second-order valence-electron chi connectivity index (χ2n) is 13.0. The van der Waals surface area contributed by atoms with Gasteiger partial charge in [-0.2, -0.15) is 37.0 Å². The molecule has 0 aliphatic carbocycles. The van der Waals surface area contributed by atoms with Crippen LogP contribution in [-0.4, -0.2) is 117 Å². The fraction of sp³-hybridized carbons (Fsp3) is 0.222. The quantitative estimate of drug-likeness (QED) is 0.0172. The molecule has 8 aromatic rings. The molecule has 27 heteroatoms.